The van der Waals surface area contributed by atoms with Crippen molar-refractivity contribution in [2.45, 2.75) is 12.8 Å². The predicted molar refractivity (Wildman–Crippen MR) is 84.0 cm³/mol. The number of nitrogens with zero attached hydrogens (tertiary/aromatic N) is 2. The molecule has 2 N–H and O–H groups in total. The first-order chi connectivity index (χ1) is 9.90. The van der Waals surface area contributed by atoms with Crippen molar-refractivity contribution in [1.29, 1.82) is 0 Å². The van der Waals surface area contributed by atoms with Crippen molar-refractivity contribution < 1.29 is 0 Å². The molecule has 0 radical (unpaired) electrons. The van der Waals surface area contributed by atoms with Gasteiger partial charge in [-0.2, -0.15) is 0 Å². The van der Waals surface area contributed by atoms with Gasteiger partial charge in [0, 0.05) is 17.9 Å². The summed E-state index contributed by atoms with van der Waals surface area (Å²) in [6.07, 6.45) is 3.94. The molecule has 0 fully saturated rings. The molecule has 4 rings (SSSR count). The van der Waals surface area contributed by atoms with Crippen molar-refractivity contribution in [3.05, 3.63) is 41.5 Å². The van der Waals surface area contributed by atoms with Crippen LogP contribution in [0.2, 0.25) is 0 Å². The second-order valence-corrected chi connectivity index (χ2v) is 5.78. The third-order valence-electron chi connectivity index (χ3n) is 3.57. The lowest BCUT2D eigenvalue weighted by molar-refractivity contribution is 0.830. The molecule has 1 aliphatic rings. The molecular weight excluding hydrogens is 268 g/mol. The van der Waals surface area contributed by atoms with Crippen LogP contribution in [0.4, 0.5) is 17.2 Å². The fourth-order valence-electron chi connectivity index (χ4n) is 2.58. The molecule has 0 saturated heterocycles. The second-order valence-electron chi connectivity index (χ2n) is 4.89. The molecule has 0 aliphatic carbocycles. The zero-order chi connectivity index (χ0) is 13.4. The highest BCUT2D eigenvalue weighted by Gasteiger charge is 2.10. The molecule has 100 valence electrons. The Labute approximate surface area is 120 Å². The molecule has 20 heavy (non-hydrogen) atoms. The molecule has 2 aromatic heterocycles. The Bertz CT molecular complexity index is 765. The number of aryl methyl sites for hydroxylation is 1. The molecule has 0 atom stereocenters. The summed E-state index contributed by atoms with van der Waals surface area (Å²) in [6, 6.07) is 8.50. The van der Waals surface area contributed by atoms with E-state index in [-0.39, 0.29) is 0 Å². The highest BCUT2D eigenvalue weighted by Crippen LogP contribution is 2.29. The Morgan fingerprint density at radius 1 is 1.20 bits per heavy atom. The molecule has 4 nitrogen and oxygen atoms in total. The van der Waals surface area contributed by atoms with Gasteiger partial charge >= 0.3 is 0 Å². The number of nitrogens with one attached hydrogen (secondary N) is 2. The van der Waals surface area contributed by atoms with Crippen LogP contribution < -0.4 is 10.6 Å². The summed E-state index contributed by atoms with van der Waals surface area (Å²) >= 11 is 1.63. The van der Waals surface area contributed by atoms with Crippen molar-refractivity contribution >= 4 is 38.7 Å². The number of hydrogen-bond acceptors (Lipinski definition) is 5. The van der Waals surface area contributed by atoms with Crippen molar-refractivity contribution in [3.63, 3.8) is 0 Å². The van der Waals surface area contributed by atoms with E-state index in [9.17, 15) is 0 Å². The topological polar surface area (TPSA) is 49.8 Å². The van der Waals surface area contributed by atoms with Gasteiger partial charge in [0.15, 0.2) is 0 Å². The fraction of sp³-hybridized carbons (Fsp3) is 0.200. The van der Waals surface area contributed by atoms with Crippen molar-refractivity contribution in [3.8, 4) is 0 Å². The van der Waals surface area contributed by atoms with E-state index in [4.69, 9.17) is 0 Å². The molecule has 0 bridgehead atoms. The van der Waals surface area contributed by atoms with E-state index in [0.717, 1.165) is 34.7 Å². The Kier molecular flexibility index (Phi) is 2.77. The van der Waals surface area contributed by atoms with Gasteiger partial charge < -0.3 is 10.6 Å². The highest BCUT2D eigenvalue weighted by atomic mass is 32.1. The lowest BCUT2D eigenvalue weighted by Crippen LogP contribution is -2.11. The zero-order valence-electron chi connectivity index (χ0n) is 10.9. The maximum atomic E-state index is 4.36. The number of aromatic nitrogens is 2. The van der Waals surface area contributed by atoms with E-state index in [1.165, 1.54) is 17.7 Å². The molecule has 0 unspecified atom stereocenters. The average Bonchev–Trinajstić information content (AvgIpc) is 2.97. The monoisotopic (exact) mass is 282 g/mol. The number of benzene rings is 1. The van der Waals surface area contributed by atoms with Crippen LogP contribution in [0.3, 0.4) is 0 Å². The van der Waals surface area contributed by atoms with Gasteiger partial charge in [-0.05, 0) is 48.1 Å². The van der Waals surface area contributed by atoms with Crippen molar-refractivity contribution in [1.82, 2.24) is 9.97 Å². The average molecular weight is 282 g/mol. The number of hydrogen-bond donors (Lipinski definition) is 2. The van der Waals surface area contributed by atoms with Gasteiger partial charge in [-0.25, -0.2) is 9.97 Å². The Hall–Kier alpha value is -2.14. The molecule has 0 saturated carbocycles. The van der Waals surface area contributed by atoms with Gasteiger partial charge in [-0.3, -0.25) is 0 Å². The quantitative estimate of drug-likeness (QED) is 0.750. The Balaban J connectivity index is 1.70. The summed E-state index contributed by atoms with van der Waals surface area (Å²) in [4.78, 5) is 9.64. The standard InChI is InChI=1S/C15H14N4S/c1-2-10-8-11(3-4-13(10)16-6-1)19-14-12-5-7-20-15(12)18-9-17-14/h3-5,7-9,16H,1-2,6H2,(H,17,18,19). The highest BCUT2D eigenvalue weighted by molar-refractivity contribution is 7.16. The molecule has 1 aliphatic heterocycles. The minimum Gasteiger partial charge on any atom is -0.385 e. The van der Waals surface area contributed by atoms with Crippen LogP contribution in [-0.4, -0.2) is 16.5 Å². The van der Waals surface area contributed by atoms with Gasteiger partial charge in [0.05, 0.1) is 5.39 Å². The SMILES string of the molecule is c1nc(Nc2ccc3c(c2)CCCN3)c2ccsc2n1. The van der Waals surface area contributed by atoms with E-state index in [1.54, 1.807) is 17.7 Å². The third kappa shape index (κ3) is 2.00. The first-order valence-electron chi connectivity index (χ1n) is 6.72. The van der Waals surface area contributed by atoms with Gasteiger partial charge in [-0.1, -0.05) is 0 Å². The van der Waals surface area contributed by atoms with Gasteiger partial charge in [0.1, 0.15) is 17.0 Å². The lowest BCUT2D eigenvalue weighted by Gasteiger charge is -2.19. The second kappa shape index (κ2) is 4.76. The minimum absolute atomic E-state index is 0.875. The van der Waals surface area contributed by atoms with Crippen molar-refractivity contribution in [2.24, 2.45) is 0 Å². The molecular formula is C15H14N4S. The van der Waals surface area contributed by atoms with E-state index in [0.29, 0.717) is 0 Å². The first kappa shape index (κ1) is 11.7. The van der Waals surface area contributed by atoms with E-state index in [1.807, 2.05) is 5.38 Å². The minimum atomic E-state index is 0.875. The normalized spacial score (nSPS) is 13.8. The van der Waals surface area contributed by atoms with E-state index < -0.39 is 0 Å². The van der Waals surface area contributed by atoms with Crippen LogP contribution in [0, 0.1) is 0 Å². The third-order valence-corrected chi connectivity index (χ3v) is 4.39. The van der Waals surface area contributed by atoms with Crippen LogP contribution in [0.1, 0.15) is 12.0 Å². The molecule has 3 heterocycles. The maximum absolute atomic E-state index is 4.36. The number of fused-ring (bicyclic) bond motifs is 2. The molecule has 5 heteroatoms. The number of rotatable bonds is 2. The van der Waals surface area contributed by atoms with Gasteiger partial charge in [0.25, 0.3) is 0 Å². The van der Waals surface area contributed by atoms with Crippen LogP contribution in [-0.2, 0) is 6.42 Å². The van der Waals surface area contributed by atoms with Crippen molar-refractivity contribution in [2.75, 3.05) is 17.2 Å². The zero-order valence-corrected chi connectivity index (χ0v) is 11.7. The maximum Gasteiger partial charge on any atom is 0.142 e. The van der Waals surface area contributed by atoms with Gasteiger partial charge in [0.2, 0.25) is 0 Å². The smallest absolute Gasteiger partial charge is 0.142 e. The van der Waals surface area contributed by atoms with E-state index >= 15 is 0 Å². The number of thiophene rings is 1. The summed E-state index contributed by atoms with van der Waals surface area (Å²) in [5.74, 6) is 0.875. The fourth-order valence-corrected chi connectivity index (χ4v) is 3.31. The molecule has 0 spiro atoms. The molecule has 1 aromatic carbocycles. The summed E-state index contributed by atoms with van der Waals surface area (Å²) in [7, 11) is 0. The van der Waals surface area contributed by atoms with Crippen LogP contribution in [0.15, 0.2) is 36.0 Å². The number of anilines is 3. The Morgan fingerprint density at radius 2 is 2.20 bits per heavy atom. The summed E-state index contributed by atoms with van der Waals surface area (Å²) < 4.78 is 0. The molecule has 3 aromatic rings. The predicted octanol–water partition coefficient (Wildman–Crippen LogP) is 3.79. The summed E-state index contributed by atoms with van der Waals surface area (Å²) in [6.45, 7) is 1.07. The first-order valence-corrected chi connectivity index (χ1v) is 7.60. The summed E-state index contributed by atoms with van der Waals surface area (Å²) in [5.41, 5.74) is 3.71. The lowest BCUT2D eigenvalue weighted by atomic mass is 10.0. The molecule has 0 amide bonds. The largest absolute Gasteiger partial charge is 0.385 e. The van der Waals surface area contributed by atoms with Gasteiger partial charge in [-0.15, -0.1) is 11.3 Å². The Morgan fingerprint density at radius 3 is 3.20 bits per heavy atom. The van der Waals surface area contributed by atoms with Crippen LogP contribution in [0.25, 0.3) is 10.2 Å². The van der Waals surface area contributed by atoms with E-state index in [2.05, 4.69) is 44.9 Å². The van der Waals surface area contributed by atoms with Crippen LogP contribution in [0.5, 0.6) is 0 Å². The van der Waals surface area contributed by atoms with Crippen LogP contribution >= 0.6 is 11.3 Å². The summed E-state index contributed by atoms with van der Waals surface area (Å²) in [5, 5.41) is 9.96.